The lowest BCUT2D eigenvalue weighted by Crippen LogP contribution is -2.06. The third kappa shape index (κ3) is 3.02. The number of ether oxygens (including phenoxy) is 1. The maximum absolute atomic E-state index is 13.7. The van der Waals surface area contributed by atoms with Crippen LogP contribution >= 0.6 is 11.6 Å². The highest BCUT2D eigenvalue weighted by Gasteiger charge is 2.13. The first-order valence-corrected chi connectivity index (χ1v) is 5.80. The van der Waals surface area contributed by atoms with Crippen LogP contribution in [0, 0.1) is 11.6 Å². The topological polar surface area (TPSA) is 72.0 Å². The molecule has 2 N–H and O–H groups in total. The number of aromatic nitrogens is 3. The molecule has 2 aromatic rings. The Morgan fingerprint density at radius 3 is 2.45 bits per heavy atom. The van der Waals surface area contributed by atoms with Gasteiger partial charge in [-0.05, 0) is 6.07 Å². The van der Waals surface area contributed by atoms with Gasteiger partial charge in [0.05, 0.1) is 17.8 Å². The molecule has 0 spiro atoms. The average molecular weight is 302 g/mol. The van der Waals surface area contributed by atoms with E-state index in [0.717, 1.165) is 6.07 Å². The first-order valence-electron chi connectivity index (χ1n) is 5.43. The van der Waals surface area contributed by atoms with Gasteiger partial charge in [-0.25, -0.2) is 8.78 Å². The summed E-state index contributed by atoms with van der Waals surface area (Å²) in [4.78, 5) is 11.7. The van der Waals surface area contributed by atoms with Crippen molar-refractivity contribution in [3.05, 3.63) is 28.8 Å². The summed E-state index contributed by atoms with van der Waals surface area (Å²) in [6, 6.07) is 1.71. The molecule has 0 fully saturated rings. The number of anilines is 3. The van der Waals surface area contributed by atoms with Gasteiger partial charge in [0, 0.05) is 13.1 Å². The summed E-state index contributed by atoms with van der Waals surface area (Å²) >= 11 is 5.77. The second kappa shape index (κ2) is 5.83. The number of hydrogen-bond acceptors (Lipinski definition) is 6. The first-order chi connectivity index (χ1) is 9.53. The lowest BCUT2D eigenvalue weighted by atomic mass is 10.3. The molecule has 1 aromatic carbocycles. The molecule has 9 heteroatoms. The van der Waals surface area contributed by atoms with Crippen LogP contribution in [-0.4, -0.2) is 29.1 Å². The molecular formula is C11H10ClF2N5O. The highest BCUT2D eigenvalue weighted by Crippen LogP contribution is 2.28. The Balaban J connectivity index is 2.39. The van der Waals surface area contributed by atoms with Crippen molar-refractivity contribution in [2.45, 2.75) is 0 Å². The quantitative estimate of drug-likeness (QED) is 0.904. The normalized spacial score (nSPS) is 10.2. The van der Waals surface area contributed by atoms with Crippen LogP contribution in [0.2, 0.25) is 5.02 Å². The SMILES string of the molecule is CNc1nc(Nc2c(F)cc(F)cc2Cl)nc(OC)n1. The van der Waals surface area contributed by atoms with Gasteiger partial charge in [-0.3, -0.25) is 0 Å². The largest absolute Gasteiger partial charge is 0.467 e. The zero-order valence-electron chi connectivity index (χ0n) is 10.5. The van der Waals surface area contributed by atoms with Crippen LogP contribution in [-0.2, 0) is 0 Å². The summed E-state index contributed by atoms with van der Waals surface area (Å²) in [5.74, 6) is -1.41. The number of rotatable bonds is 4. The molecule has 0 aliphatic rings. The molecule has 106 valence electrons. The average Bonchev–Trinajstić information content (AvgIpc) is 2.42. The molecular weight excluding hydrogens is 292 g/mol. The van der Waals surface area contributed by atoms with E-state index in [0.29, 0.717) is 6.07 Å². The predicted octanol–water partition coefficient (Wildman–Crippen LogP) is 2.60. The molecule has 0 bridgehead atoms. The van der Waals surface area contributed by atoms with E-state index in [2.05, 4.69) is 25.6 Å². The molecule has 2 rings (SSSR count). The van der Waals surface area contributed by atoms with Crippen molar-refractivity contribution in [1.82, 2.24) is 15.0 Å². The van der Waals surface area contributed by atoms with Crippen molar-refractivity contribution in [2.75, 3.05) is 24.8 Å². The standard InChI is InChI=1S/C11H10ClF2N5O/c1-15-9-17-10(19-11(18-9)20-2)16-8-6(12)3-5(13)4-7(8)14/h3-4H,1-2H3,(H2,15,16,17,18,19). The Labute approximate surface area is 118 Å². The van der Waals surface area contributed by atoms with Gasteiger partial charge in [-0.1, -0.05) is 11.6 Å². The smallest absolute Gasteiger partial charge is 0.322 e. The van der Waals surface area contributed by atoms with Crippen molar-refractivity contribution < 1.29 is 13.5 Å². The van der Waals surface area contributed by atoms with Crippen molar-refractivity contribution in [3.63, 3.8) is 0 Å². The van der Waals surface area contributed by atoms with E-state index in [1.807, 2.05) is 0 Å². The minimum absolute atomic E-state index is 0.00797. The van der Waals surface area contributed by atoms with Crippen LogP contribution in [0.4, 0.5) is 26.4 Å². The van der Waals surface area contributed by atoms with Gasteiger partial charge in [-0.2, -0.15) is 15.0 Å². The maximum atomic E-state index is 13.7. The zero-order valence-corrected chi connectivity index (χ0v) is 11.3. The summed E-state index contributed by atoms with van der Waals surface area (Å²) in [5, 5.41) is 5.13. The molecule has 1 heterocycles. The van der Waals surface area contributed by atoms with Crippen LogP contribution in [0.5, 0.6) is 6.01 Å². The van der Waals surface area contributed by atoms with Crippen LogP contribution in [0.25, 0.3) is 0 Å². The van der Waals surface area contributed by atoms with E-state index in [9.17, 15) is 8.78 Å². The highest BCUT2D eigenvalue weighted by molar-refractivity contribution is 6.33. The molecule has 6 nitrogen and oxygen atoms in total. The number of benzene rings is 1. The molecule has 0 unspecified atom stereocenters. The summed E-state index contributed by atoms with van der Waals surface area (Å²) in [7, 11) is 2.98. The van der Waals surface area contributed by atoms with E-state index >= 15 is 0 Å². The summed E-state index contributed by atoms with van der Waals surface area (Å²) < 4.78 is 31.5. The summed E-state index contributed by atoms with van der Waals surface area (Å²) in [6.45, 7) is 0. The zero-order chi connectivity index (χ0) is 14.7. The molecule has 0 amide bonds. The lowest BCUT2D eigenvalue weighted by Gasteiger charge is -2.10. The van der Waals surface area contributed by atoms with Crippen LogP contribution < -0.4 is 15.4 Å². The fourth-order valence-electron chi connectivity index (χ4n) is 1.39. The minimum Gasteiger partial charge on any atom is -0.467 e. The van der Waals surface area contributed by atoms with Gasteiger partial charge in [0.15, 0.2) is 5.82 Å². The van der Waals surface area contributed by atoms with Crippen molar-refractivity contribution >= 4 is 29.2 Å². The predicted molar refractivity (Wildman–Crippen MR) is 70.6 cm³/mol. The van der Waals surface area contributed by atoms with Crippen LogP contribution in [0.1, 0.15) is 0 Å². The highest BCUT2D eigenvalue weighted by atomic mass is 35.5. The van der Waals surface area contributed by atoms with Gasteiger partial charge in [0.2, 0.25) is 11.9 Å². The molecule has 0 atom stereocenters. The van der Waals surface area contributed by atoms with E-state index in [1.54, 1.807) is 7.05 Å². The van der Waals surface area contributed by atoms with Gasteiger partial charge >= 0.3 is 6.01 Å². The van der Waals surface area contributed by atoms with Gasteiger partial charge in [0.25, 0.3) is 0 Å². The Morgan fingerprint density at radius 2 is 1.85 bits per heavy atom. The van der Waals surface area contributed by atoms with E-state index in [-0.39, 0.29) is 28.6 Å². The van der Waals surface area contributed by atoms with E-state index < -0.39 is 11.6 Å². The summed E-state index contributed by atoms with van der Waals surface area (Å²) in [6.07, 6.45) is 0. The number of halogens is 3. The van der Waals surface area contributed by atoms with Crippen LogP contribution in [0.3, 0.4) is 0 Å². The molecule has 0 aliphatic heterocycles. The summed E-state index contributed by atoms with van der Waals surface area (Å²) in [5.41, 5.74) is -0.136. The fourth-order valence-corrected chi connectivity index (χ4v) is 1.63. The third-order valence-electron chi connectivity index (χ3n) is 2.26. The molecule has 0 aliphatic carbocycles. The Hall–Kier alpha value is -2.22. The first kappa shape index (κ1) is 14.2. The monoisotopic (exact) mass is 301 g/mol. The van der Waals surface area contributed by atoms with Gasteiger partial charge in [0.1, 0.15) is 5.82 Å². The van der Waals surface area contributed by atoms with Crippen molar-refractivity contribution in [2.24, 2.45) is 0 Å². The number of nitrogens with zero attached hydrogens (tertiary/aromatic N) is 3. The number of nitrogens with one attached hydrogen (secondary N) is 2. The lowest BCUT2D eigenvalue weighted by molar-refractivity contribution is 0.379. The van der Waals surface area contributed by atoms with E-state index in [4.69, 9.17) is 16.3 Å². The van der Waals surface area contributed by atoms with E-state index in [1.165, 1.54) is 7.11 Å². The maximum Gasteiger partial charge on any atom is 0.322 e. The fraction of sp³-hybridized carbons (Fsp3) is 0.182. The second-order valence-electron chi connectivity index (χ2n) is 3.59. The third-order valence-corrected chi connectivity index (χ3v) is 2.56. The molecule has 20 heavy (non-hydrogen) atoms. The molecule has 0 saturated carbocycles. The number of hydrogen-bond donors (Lipinski definition) is 2. The Bertz CT molecular complexity index is 595. The molecule has 0 radical (unpaired) electrons. The minimum atomic E-state index is -0.861. The Morgan fingerprint density at radius 1 is 1.15 bits per heavy atom. The second-order valence-corrected chi connectivity index (χ2v) is 4.00. The van der Waals surface area contributed by atoms with Crippen LogP contribution in [0.15, 0.2) is 12.1 Å². The van der Waals surface area contributed by atoms with Gasteiger partial charge in [-0.15, -0.1) is 0 Å². The molecule has 1 aromatic heterocycles. The van der Waals surface area contributed by atoms with Crippen molar-refractivity contribution in [1.29, 1.82) is 0 Å². The van der Waals surface area contributed by atoms with Crippen molar-refractivity contribution in [3.8, 4) is 6.01 Å². The van der Waals surface area contributed by atoms with Gasteiger partial charge < -0.3 is 15.4 Å². The number of methoxy groups -OCH3 is 1. The Kier molecular flexibility index (Phi) is 4.14. The molecule has 0 saturated heterocycles.